The summed E-state index contributed by atoms with van der Waals surface area (Å²) in [4.78, 5) is 40.3. The Bertz CT molecular complexity index is 2250. The van der Waals surface area contributed by atoms with Crippen LogP contribution in [0.2, 0.25) is 0 Å². The quantitative estimate of drug-likeness (QED) is 0.147. The van der Waals surface area contributed by atoms with Gasteiger partial charge in [0, 0.05) is 12.1 Å². The standard InChI is InChI=1S/C38H28F6N6O2/c39-37(40,41)20-45-35(52)36(29-12-5-3-9-26(29)27-10-4-6-13-30(27)36)18-7-19-50-22-48-31-32(46-21-47-33(31)50)49-34(51)28-11-2-1-8-25(28)23-14-16-24(17-15-23)38(42,43)44/h1-6,8-17,21-22H,7,18-20H2,(H,45,52)(H,46,47,49,51). The molecular weight excluding hydrogens is 686 g/mol. The molecule has 0 atom stereocenters. The van der Waals surface area contributed by atoms with E-state index in [1.54, 1.807) is 53.1 Å². The maximum atomic E-state index is 13.8. The lowest BCUT2D eigenvalue weighted by molar-refractivity contribution is -0.141. The molecule has 0 radical (unpaired) electrons. The van der Waals surface area contributed by atoms with Crippen LogP contribution in [0.15, 0.2) is 110 Å². The Balaban J connectivity index is 1.13. The van der Waals surface area contributed by atoms with E-state index in [4.69, 9.17) is 0 Å². The van der Waals surface area contributed by atoms with E-state index in [1.807, 2.05) is 24.3 Å². The third-order valence-electron chi connectivity index (χ3n) is 9.18. The Morgan fingerprint density at radius 1 is 0.731 bits per heavy atom. The average molecular weight is 715 g/mol. The fourth-order valence-corrected chi connectivity index (χ4v) is 6.88. The molecule has 8 nitrogen and oxygen atoms in total. The van der Waals surface area contributed by atoms with Crippen molar-refractivity contribution < 1.29 is 35.9 Å². The summed E-state index contributed by atoms with van der Waals surface area (Å²) in [6, 6.07) is 25.4. The number of nitrogens with zero attached hydrogens (tertiary/aromatic N) is 4. The van der Waals surface area contributed by atoms with Gasteiger partial charge >= 0.3 is 12.4 Å². The number of halogens is 6. The first-order valence-electron chi connectivity index (χ1n) is 16.1. The van der Waals surface area contributed by atoms with Crippen molar-refractivity contribution in [3.05, 3.63) is 132 Å². The fourth-order valence-electron chi connectivity index (χ4n) is 6.88. The molecule has 2 amide bonds. The Morgan fingerprint density at radius 3 is 1.98 bits per heavy atom. The van der Waals surface area contributed by atoms with Crippen molar-refractivity contribution in [1.82, 2.24) is 24.8 Å². The lowest BCUT2D eigenvalue weighted by Gasteiger charge is -2.31. The summed E-state index contributed by atoms with van der Waals surface area (Å²) in [6.07, 6.45) is -5.86. The molecule has 2 aromatic heterocycles. The van der Waals surface area contributed by atoms with E-state index in [-0.39, 0.29) is 29.9 Å². The van der Waals surface area contributed by atoms with Gasteiger partial charge in [-0.3, -0.25) is 9.59 Å². The molecule has 0 unspecified atom stereocenters. The van der Waals surface area contributed by atoms with E-state index >= 15 is 0 Å². The maximum Gasteiger partial charge on any atom is 0.416 e. The van der Waals surface area contributed by atoms with Gasteiger partial charge in [0.05, 0.1) is 11.9 Å². The van der Waals surface area contributed by atoms with Gasteiger partial charge in [-0.25, -0.2) is 15.0 Å². The Labute approximate surface area is 292 Å². The number of benzene rings is 4. The minimum Gasteiger partial charge on any atom is -0.346 e. The highest BCUT2D eigenvalue weighted by Crippen LogP contribution is 2.51. The second-order valence-electron chi connectivity index (χ2n) is 12.3. The van der Waals surface area contributed by atoms with E-state index in [2.05, 4.69) is 25.6 Å². The van der Waals surface area contributed by atoms with Crippen LogP contribution in [0.1, 0.15) is 39.9 Å². The number of fused-ring (bicyclic) bond motifs is 4. The molecule has 0 aliphatic heterocycles. The van der Waals surface area contributed by atoms with Crippen LogP contribution in [0.5, 0.6) is 0 Å². The van der Waals surface area contributed by atoms with Crippen LogP contribution in [0.3, 0.4) is 0 Å². The zero-order chi connectivity index (χ0) is 36.7. The molecule has 2 heterocycles. The highest BCUT2D eigenvalue weighted by molar-refractivity contribution is 6.10. The monoisotopic (exact) mass is 714 g/mol. The summed E-state index contributed by atoms with van der Waals surface area (Å²) in [5, 5.41) is 4.87. The highest BCUT2D eigenvalue weighted by Gasteiger charge is 2.49. The smallest absolute Gasteiger partial charge is 0.346 e. The van der Waals surface area contributed by atoms with Gasteiger partial charge in [0.25, 0.3) is 5.91 Å². The molecule has 0 fully saturated rings. The van der Waals surface area contributed by atoms with Gasteiger partial charge in [-0.2, -0.15) is 26.3 Å². The molecule has 0 bridgehead atoms. The molecule has 1 aliphatic rings. The van der Waals surface area contributed by atoms with Crippen molar-refractivity contribution in [2.45, 2.75) is 37.2 Å². The Hall–Kier alpha value is -6.05. The molecule has 4 aromatic carbocycles. The summed E-state index contributed by atoms with van der Waals surface area (Å²) >= 11 is 0. The van der Waals surface area contributed by atoms with Gasteiger partial charge in [0.1, 0.15) is 18.3 Å². The lowest BCUT2D eigenvalue weighted by Crippen LogP contribution is -2.47. The van der Waals surface area contributed by atoms with Crippen molar-refractivity contribution in [2.75, 3.05) is 11.9 Å². The molecule has 264 valence electrons. The van der Waals surface area contributed by atoms with E-state index in [0.29, 0.717) is 34.3 Å². The SMILES string of the molecule is O=C(Nc1ncnc2c1ncn2CCCC1(C(=O)NCC(F)(F)F)c2ccccc2-c2ccccc21)c1ccccc1-c1ccc(C(F)(F)F)cc1. The number of hydrogen-bond donors (Lipinski definition) is 2. The van der Waals surface area contributed by atoms with Crippen molar-refractivity contribution >= 4 is 28.8 Å². The van der Waals surface area contributed by atoms with Crippen molar-refractivity contribution in [1.29, 1.82) is 0 Å². The first-order valence-corrected chi connectivity index (χ1v) is 16.1. The largest absolute Gasteiger partial charge is 0.416 e. The van der Waals surface area contributed by atoms with Gasteiger partial charge in [-0.05, 0) is 64.4 Å². The number of hydrogen-bond acceptors (Lipinski definition) is 5. The summed E-state index contributed by atoms with van der Waals surface area (Å²) in [5.74, 6) is -1.23. The number of alkyl halides is 6. The van der Waals surface area contributed by atoms with Crippen LogP contribution in [-0.4, -0.2) is 44.1 Å². The van der Waals surface area contributed by atoms with Crippen LogP contribution in [0.4, 0.5) is 32.2 Å². The minimum atomic E-state index is -4.60. The number of carbonyl (C=O) groups excluding carboxylic acids is 2. The van der Waals surface area contributed by atoms with Gasteiger partial charge in [0.2, 0.25) is 5.91 Å². The summed E-state index contributed by atoms with van der Waals surface area (Å²) in [6.45, 7) is -1.19. The molecular formula is C38H28F6N6O2. The molecule has 7 rings (SSSR count). The molecule has 52 heavy (non-hydrogen) atoms. The topological polar surface area (TPSA) is 102 Å². The van der Waals surface area contributed by atoms with E-state index in [1.165, 1.54) is 24.8 Å². The average Bonchev–Trinajstić information content (AvgIpc) is 3.68. The number of amides is 2. The van der Waals surface area contributed by atoms with E-state index < -0.39 is 41.7 Å². The minimum absolute atomic E-state index is 0.0950. The molecule has 2 N–H and O–H groups in total. The number of rotatable bonds is 9. The Morgan fingerprint density at radius 2 is 1.35 bits per heavy atom. The van der Waals surface area contributed by atoms with Crippen LogP contribution < -0.4 is 10.6 Å². The van der Waals surface area contributed by atoms with Gasteiger partial charge in [-0.1, -0.05) is 78.9 Å². The second-order valence-corrected chi connectivity index (χ2v) is 12.3. The van der Waals surface area contributed by atoms with Gasteiger partial charge in [-0.15, -0.1) is 0 Å². The number of aromatic nitrogens is 4. The molecule has 6 aromatic rings. The number of carbonyl (C=O) groups is 2. The summed E-state index contributed by atoms with van der Waals surface area (Å²) < 4.78 is 80.9. The second kappa shape index (κ2) is 13.2. The summed E-state index contributed by atoms with van der Waals surface area (Å²) in [7, 11) is 0. The number of anilines is 1. The zero-order valence-electron chi connectivity index (χ0n) is 27.1. The predicted octanol–water partition coefficient (Wildman–Crippen LogP) is 8.19. The first kappa shape index (κ1) is 34.4. The fraction of sp³-hybridized carbons (Fsp3) is 0.184. The van der Waals surface area contributed by atoms with Crippen LogP contribution in [0.25, 0.3) is 33.4 Å². The number of imidazole rings is 1. The highest BCUT2D eigenvalue weighted by atomic mass is 19.4. The van der Waals surface area contributed by atoms with Gasteiger partial charge in [0.15, 0.2) is 17.0 Å². The van der Waals surface area contributed by atoms with Gasteiger partial charge < -0.3 is 15.2 Å². The summed E-state index contributed by atoms with van der Waals surface area (Å²) in [5.41, 5.74) is 2.24. The number of nitrogens with one attached hydrogen (secondary N) is 2. The zero-order valence-corrected chi connectivity index (χ0v) is 27.1. The molecule has 0 saturated heterocycles. The van der Waals surface area contributed by atoms with Crippen LogP contribution in [0, 0.1) is 0 Å². The molecule has 14 heteroatoms. The molecule has 1 aliphatic carbocycles. The van der Waals surface area contributed by atoms with E-state index in [0.717, 1.165) is 23.3 Å². The van der Waals surface area contributed by atoms with Crippen molar-refractivity contribution in [2.24, 2.45) is 0 Å². The molecule has 0 spiro atoms. The lowest BCUT2D eigenvalue weighted by atomic mass is 9.73. The van der Waals surface area contributed by atoms with Crippen molar-refractivity contribution in [3.8, 4) is 22.3 Å². The van der Waals surface area contributed by atoms with Crippen molar-refractivity contribution in [3.63, 3.8) is 0 Å². The maximum absolute atomic E-state index is 13.8. The third-order valence-corrected chi connectivity index (χ3v) is 9.18. The third kappa shape index (κ3) is 6.35. The molecule has 0 saturated carbocycles. The first-order chi connectivity index (χ1) is 24.9. The normalized spacial score (nSPS) is 13.4. The Kier molecular flexibility index (Phi) is 8.77. The predicted molar refractivity (Wildman–Crippen MR) is 181 cm³/mol. The van der Waals surface area contributed by atoms with E-state index in [9.17, 15) is 35.9 Å². The van der Waals surface area contributed by atoms with Crippen LogP contribution in [-0.2, 0) is 22.9 Å². The number of aryl methyl sites for hydroxylation is 1. The van der Waals surface area contributed by atoms with Crippen LogP contribution >= 0.6 is 0 Å².